The molecule has 0 saturated carbocycles. The third kappa shape index (κ3) is 4.71. The van der Waals surface area contributed by atoms with E-state index in [1.807, 2.05) is 109 Å². The maximum atomic E-state index is 9.35. The summed E-state index contributed by atoms with van der Waals surface area (Å²) in [6.07, 6.45) is 0. The molecule has 0 atom stereocenters. The van der Waals surface area contributed by atoms with Crippen molar-refractivity contribution in [3.63, 3.8) is 0 Å². The predicted octanol–water partition coefficient (Wildman–Crippen LogP) is 12.0. The van der Waals surface area contributed by atoms with E-state index in [9.17, 15) is 4.11 Å². The zero-order chi connectivity index (χ0) is 41.7. The normalized spacial score (nSPS) is 14.4. The second-order valence-corrected chi connectivity index (χ2v) is 12.7. The van der Waals surface area contributed by atoms with Crippen molar-refractivity contribution in [3.05, 3.63) is 170 Å². The first-order chi connectivity index (χ1) is 28.9. The summed E-state index contributed by atoms with van der Waals surface area (Å²) in [5, 5.41) is 0.249. The van der Waals surface area contributed by atoms with Gasteiger partial charge in [0, 0.05) is 42.1 Å². The molecule has 0 unspecified atom stereocenters. The van der Waals surface area contributed by atoms with E-state index in [4.69, 9.17) is 24.5 Å². The lowest BCUT2D eigenvalue weighted by Crippen LogP contribution is -2.06. The van der Waals surface area contributed by atoms with Crippen LogP contribution in [0, 0.1) is 0 Å². The molecule has 50 heavy (non-hydrogen) atoms. The standard InChI is InChI=1S/C45H28N4S/c1-3-11-29(12-4-1)31-19-23-33(24-20-31)43-46-44(34-25-21-32(22-26-34)30-13-5-2-6-14-30)48-45(47-43)49-38-17-9-7-15-35(38)36-27-28-40-41(42(36)49)37-16-8-10-18-39(37)50-40/h1-28H/i7D,8D,9D,10D,15D,16D,17D,18D,27D,28D. The summed E-state index contributed by atoms with van der Waals surface area (Å²) in [6.45, 7) is 0. The fourth-order valence-electron chi connectivity index (χ4n) is 6.42. The van der Waals surface area contributed by atoms with E-state index in [1.165, 1.54) is 4.57 Å². The average Bonchev–Trinajstić information content (AvgIpc) is 3.87. The maximum Gasteiger partial charge on any atom is 0.238 e. The molecule has 3 aromatic heterocycles. The summed E-state index contributed by atoms with van der Waals surface area (Å²) < 4.78 is 91.0. The lowest BCUT2D eigenvalue weighted by Gasteiger charge is -2.12. The van der Waals surface area contributed by atoms with Crippen molar-refractivity contribution in [2.75, 3.05) is 0 Å². The van der Waals surface area contributed by atoms with Crippen LogP contribution in [0.4, 0.5) is 0 Å². The van der Waals surface area contributed by atoms with Crippen LogP contribution in [0.15, 0.2) is 170 Å². The number of fused-ring (bicyclic) bond motifs is 7. The summed E-state index contributed by atoms with van der Waals surface area (Å²) in [5.74, 6) is 0.432. The summed E-state index contributed by atoms with van der Waals surface area (Å²) >= 11 is 0.956. The van der Waals surface area contributed by atoms with Gasteiger partial charge < -0.3 is 0 Å². The Labute approximate surface area is 306 Å². The molecule has 0 aliphatic carbocycles. The quantitative estimate of drug-likeness (QED) is 0.184. The van der Waals surface area contributed by atoms with Crippen LogP contribution in [0.1, 0.15) is 13.7 Å². The highest BCUT2D eigenvalue weighted by molar-refractivity contribution is 7.26. The first kappa shape index (κ1) is 20.2. The van der Waals surface area contributed by atoms with Crippen LogP contribution in [-0.4, -0.2) is 19.5 Å². The second kappa shape index (κ2) is 11.6. The molecular weight excluding hydrogens is 629 g/mol. The van der Waals surface area contributed by atoms with Crippen LogP contribution < -0.4 is 0 Å². The Balaban J connectivity index is 1.35. The highest BCUT2D eigenvalue weighted by atomic mass is 32.1. The van der Waals surface area contributed by atoms with E-state index in [0.29, 0.717) is 11.1 Å². The number of hydrogen-bond donors (Lipinski definition) is 0. The fraction of sp³-hybridized carbons (Fsp3) is 0. The number of nitrogens with zero attached hydrogens (tertiary/aromatic N) is 4. The Bertz CT molecular complexity index is 3310. The predicted molar refractivity (Wildman–Crippen MR) is 209 cm³/mol. The smallest absolute Gasteiger partial charge is 0.238 e. The second-order valence-electron chi connectivity index (χ2n) is 11.7. The fourth-order valence-corrected chi connectivity index (χ4v) is 7.38. The van der Waals surface area contributed by atoms with Crippen molar-refractivity contribution in [3.8, 4) is 51.0 Å². The van der Waals surface area contributed by atoms with Crippen molar-refractivity contribution in [1.29, 1.82) is 0 Å². The van der Waals surface area contributed by atoms with Gasteiger partial charge in [0.1, 0.15) is 0 Å². The highest BCUT2D eigenvalue weighted by Crippen LogP contribution is 2.43. The molecule has 0 aliphatic rings. The summed E-state index contributed by atoms with van der Waals surface area (Å²) in [6, 6.07) is 31.0. The molecule has 0 spiro atoms. The van der Waals surface area contributed by atoms with Crippen molar-refractivity contribution in [1.82, 2.24) is 19.5 Å². The largest absolute Gasteiger partial charge is 0.277 e. The van der Waals surface area contributed by atoms with Crippen LogP contribution in [0.25, 0.3) is 93.0 Å². The van der Waals surface area contributed by atoms with Crippen LogP contribution in [-0.2, 0) is 0 Å². The molecule has 234 valence electrons. The van der Waals surface area contributed by atoms with E-state index in [0.717, 1.165) is 33.6 Å². The minimum absolute atomic E-state index is 0.00421. The minimum Gasteiger partial charge on any atom is -0.277 e. The molecule has 0 fully saturated rings. The van der Waals surface area contributed by atoms with Crippen molar-refractivity contribution < 1.29 is 13.7 Å². The van der Waals surface area contributed by atoms with E-state index in [2.05, 4.69) is 0 Å². The van der Waals surface area contributed by atoms with E-state index >= 15 is 0 Å². The average molecular weight is 667 g/mol. The first-order valence-corrected chi connectivity index (χ1v) is 16.7. The summed E-state index contributed by atoms with van der Waals surface area (Å²) in [5.41, 5.74) is 5.28. The lowest BCUT2D eigenvalue weighted by atomic mass is 10.0. The Morgan fingerprint density at radius 2 is 0.960 bits per heavy atom. The van der Waals surface area contributed by atoms with Crippen LogP contribution in [0.5, 0.6) is 0 Å². The Kier molecular flexibility index (Phi) is 4.69. The van der Waals surface area contributed by atoms with Crippen LogP contribution >= 0.6 is 11.3 Å². The third-order valence-electron chi connectivity index (χ3n) is 8.80. The minimum atomic E-state index is -0.538. The summed E-state index contributed by atoms with van der Waals surface area (Å²) in [7, 11) is 0. The SMILES string of the molecule is [2H]c1c([2H])c([2H])c2c(sc3c([2H])c([2H])c4c5c([2H])c([2H])c([2H])c([2H])c5n(-c5nc(-c6ccc(-c7ccccc7)cc6)nc(-c6ccc(-c7ccccc7)cc6)n5)c4c32)c1[2H]. The van der Waals surface area contributed by atoms with Gasteiger partial charge in [0.2, 0.25) is 5.95 Å². The van der Waals surface area contributed by atoms with Gasteiger partial charge in [0.15, 0.2) is 11.6 Å². The van der Waals surface area contributed by atoms with Gasteiger partial charge in [-0.15, -0.1) is 11.3 Å². The summed E-state index contributed by atoms with van der Waals surface area (Å²) in [4.78, 5) is 14.9. The monoisotopic (exact) mass is 666 g/mol. The van der Waals surface area contributed by atoms with Gasteiger partial charge in [0.25, 0.3) is 0 Å². The molecule has 0 N–H and O–H groups in total. The molecule has 7 aromatic carbocycles. The molecule has 10 rings (SSSR count). The number of thiophene rings is 1. The molecular formula is C45H28N4S. The Morgan fingerprint density at radius 1 is 0.440 bits per heavy atom. The van der Waals surface area contributed by atoms with Gasteiger partial charge in [-0.2, -0.15) is 9.97 Å². The number of para-hydroxylation sites is 1. The first-order valence-electron chi connectivity index (χ1n) is 20.9. The van der Waals surface area contributed by atoms with Gasteiger partial charge in [-0.1, -0.05) is 151 Å². The Hall–Kier alpha value is -6.43. The van der Waals surface area contributed by atoms with Crippen LogP contribution in [0.2, 0.25) is 0 Å². The maximum absolute atomic E-state index is 9.35. The number of benzene rings is 7. The zero-order valence-electron chi connectivity index (χ0n) is 36.1. The molecule has 4 nitrogen and oxygen atoms in total. The number of rotatable bonds is 5. The van der Waals surface area contributed by atoms with Gasteiger partial charge in [-0.3, -0.25) is 4.57 Å². The van der Waals surface area contributed by atoms with E-state index in [1.54, 1.807) is 0 Å². The molecule has 0 saturated heterocycles. The molecule has 0 aliphatic heterocycles. The van der Waals surface area contributed by atoms with Crippen molar-refractivity contribution in [2.45, 2.75) is 0 Å². The third-order valence-corrected chi connectivity index (χ3v) is 9.82. The highest BCUT2D eigenvalue weighted by Gasteiger charge is 2.21. The van der Waals surface area contributed by atoms with Gasteiger partial charge >= 0.3 is 0 Å². The number of aromatic nitrogens is 4. The van der Waals surface area contributed by atoms with Gasteiger partial charge in [0.05, 0.1) is 24.7 Å². The van der Waals surface area contributed by atoms with E-state index in [-0.39, 0.29) is 83.7 Å². The molecule has 0 amide bonds. The molecule has 0 radical (unpaired) electrons. The molecule has 5 heteroatoms. The van der Waals surface area contributed by atoms with E-state index < -0.39 is 36.3 Å². The lowest BCUT2D eigenvalue weighted by molar-refractivity contribution is 0.955. The molecule has 10 aromatic rings. The number of hydrogen-bond acceptors (Lipinski definition) is 4. The Morgan fingerprint density at radius 3 is 1.58 bits per heavy atom. The molecule has 0 bridgehead atoms. The van der Waals surface area contributed by atoms with Gasteiger partial charge in [-0.05, 0) is 40.4 Å². The van der Waals surface area contributed by atoms with Crippen molar-refractivity contribution in [2.24, 2.45) is 0 Å². The topological polar surface area (TPSA) is 43.6 Å². The van der Waals surface area contributed by atoms with Gasteiger partial charge in [-0.25, -0.2) is 4.98 Å². The zero-order valence-corrected chi connectivity index (χ0v) is 26.9. The van der Waals surface area contributed by atoms with Crippen LogP contribution in [0.3, 0.4) is 0 Å². The van der Waals surface area contributed by atoms with Crippen molar-refractivity contribution >= 4 is 53.3 Å². The molecule has 3 heterocycles.